The number of allylic oxidation sites excluding steroid dienone is 1. The van der Waals surface area contributed by atoms with Gasteiger partial charge in [0.15, 0.2) is 5.78 Å². The van der Waals surface area contributed by atoms with Crippen molar-refractivity contribution in [3.63, 3.8) is 0 Å². The van der Waals surface area contributed by atoms with Crippen molar-refractivity contribution in [3.05, 3.63) is 111 Å². The Balaban J connectivity index is 1.51. The summed E-state index contributed by atoms with van der Waals surface area (Å²) < 4.78 is 1.92. The lowest BCUT2D eigenvalue weighted by Gasteiger charge is -2.03. The molecule has 4 rings (SSSR count). The molecule has 0 N–H and O–H groups in total. The Hall–Kier alpha value is -3.24. The minimum absolute atomic E-state index is 0.0283. The van der Waals surface area contributed by atoms with Gasteiger partial charge >= 0.3 is 0 Å². The van der Waals surface area contributed by atoms with E-state index in [2.05, 4.69) is 17.2 Å². The van der Waals surface area contributed by atoms with Gasteiger partial charge in [-0.1, -0.05) is 48.5 Å². The number of thiophene rings is 1. The molecular formula is C25H22N2OS. The topological polar surface area (TPSA) is 34.9 Å². The average molecular weight is 399 g/mol. The van der Waals surface area contributed by atoms with Gasteiger partial charge < -0.3 is 0 Å². The van der Waals surface area contributed by atoms with Crippen molar-refractivity contribution in [3.8, 4) is 5.69 Å². The number of hydrogen-bond donors (Lipinski definition) is 0. The molecule has 29 heavy (non-hydrogen) atoms. The van der Waals surface area contributed by atoms with Crippen molar-refractivity contribution in [2.24, 2.45) is 0 Å². The molecule has 2 heterocycles. The number of nitrogens with zero attached hydrogens (tertiary/aromatic N) is 2. The van der Waals surface area contributed by atoms with Crippen LogP contribution in [-0.4, -0.2) is 15.6 Å². The smallest absolute Gasteiger partial charge is 0.195 e. The van der Waals surface area contributed by atoms with E-state index >= 15 is 0 Å². The molecule has 0 spiro atoms. The van der Waals surface area contributed by atoms with Crippen LogP contribution >= 0.6 is 11.3 Å². The number of carbonyl (C=O) groups is 1. The Bertz CT molecular complexity index is 1150. The predicted molar refractivity (Wildman–Crippen MR) is 120 cm³/mol. The maximum absolute atomic E-state index is 12.7. The van der Waals surface area contributed by atoms with Gasteiger partial charge in [0.05, 0.1) is 16.3 Å². The third-order valence-corrected chi connectivity index (χ3v) is 5.97. The largest absolute Gasteiger partial charge is 0.288 e. The zero-order valence-corrected chi connectivity index (χ0v) is 17.3. The molecule has 2 aromatic heterocycles. The second-order valence-corrected chi connectivity index (χ2v) is 8.13. The number of hydrogen-bond acceptors (Lipinski definition) is 3. The van der Waals surface area contributed by atoms with Gasteiger partial charge in [0.2, 0.25) is 0 Å². The minimum atomic E-state index is 0.0283. The van der Waals surface area contributed by atoms with E-state index in [1.165, 1.54) is 10.4 Å². The van der Waals surface area contributed by atoms with Crippen LogP contribution in [0.3, 0.4) is 0 Å². The highest BCUT2D eigenvalue weighted by Gasteiger charge is 2.12. The Morgan fingerprint density at radius 1 is 0.966 bits per heavy atom. The summed E-state index contributed by atoms with van der Waals surface area (Å²) in [5.41, 5.74) is 5.19. The molecule has 4 heteroatoms. The normalized spacial score (nSPS) is 11.2. The zero-order valence-electron chi connectivity index (χ0n) is 16.5. The number of rotatable bonds is 6. The van der Waals surface area contributed by atoms with Crippen LogP contribution in [0.2, 0.25) is 0 Å². The van der Waals surface area contributed by atoms with Gasteiger partial charge in [-0.2, -0.15) is 5.10 Å². The molecule has 4 aromatic rings. The molecule has 0 saturated heterocycles. The molecule has 144 valence electrons. The molecule has 0 aliphatic carbocycles. The Kier molecular flexibility index (Phi) is 5.54. The van der Waals surface area contributed by atoms with Crippen molar-refractivity contribution >= 4 is 23.2 Å². The third-order valence-electron chi connectivity index (χ3n) is 4.88. The van der Waals surface area contributed by atoms with E-state index in [4.69, 9.17) is 0 Å². The number of benzene rings is 2. The van der Waals surface area contributed by atoms with Crippen LogP contribution in [0.5, 0.6) is 0 Å². The van der Waals surface area contributed by atoms with E-state index in [1.807, 2.05) is 85.3 Å². The molecule has 0 aliphatic rings. The molecule has 0 unspecified atom stereocenters. The summed E-state index contributed by atoms with van der Waals surface area (Å²) in [6, 6.07) is 24.3. The first-order chi connectivity index (χ1) is 14.1. The second kappa shape index (κ2) is 8.41. The maximum Gasteiger partial charge on any atom is 0.195 e. The van der Waals surface area contributed by atoms with Gasteiger partial charge in [-0.05, 0) is 55.8 Å². The standard InChI is InChI=1S/C25H22N2OS/c1-18-23(19(2)27(26-18)21-11-7-4-8-12-21)14-15-24(28)25-16-13-22(29-25)17-20-9-5-3-6-10-20/h3-16H,17H2,1-2H3/b15-14+. The molecule has 0 saturated carbocycles. The van der Waals surface area contributed by atoms with Crippen molar-refractivity contribution in [1.29, 1.82) is 0 Å². The SMILES string of the molecule is Cc1nn(-c2ccccc2)c(C)c1/C=C/C(=O)c1ccc(Cc2ccccc2)s1. The fraction of sp³-hybridized carbons (Fsp3) is 0.120. The summed E-state index contributed by atoms with van der Waals surface area (Å²) in [5.74, 6) is 0.0283. The highest BCUT2D eigenvalue weighted by atomic mass is 32.1. The zero-order chi connectivity index (χ0) is 20.2. The first kappa shape index (κ1) is 19.1. The molecule has 0 bridgehead atoms. The van der Waals surface area contributed by atoms with Crippen molar-refractivity contribution in [2.45, 2.75) is 20.3 Å². The van der Waals surface area contributed by atoms with Crippen LogP contribution in [0.4, 0.5) is 0 Å². The van der Waals surface area contributed by atoms with Crippen LogP contribution in [-0.2, 0) is 6.42 Å². The van der Waals surface area contributed by atoms with Gasteiger partial charge in [0.1, 0.15) is 0 Å². The van der Waals surface area contributed by atoms with Crippen molar-refractivity contribution < 1.29 is 4.79 Å². The lowest BCUT2D eigenvalue weighted by Crippen LogP contribution is -1.98. The predicted octanol–water partition coefficient (Wildman–Crippen LogP) is 6.04. The summed E-state index contributed by atoms with van der Waals surface area (Å²) in [7, 11) is 0. The molecule has 2 aromatic carbocycles. The molecule has 0 amide bonds. The van der Waals surface area contributed by atoms with E-state index in [-0.39, 0.29) is 5.78 Å². The molecule has 0 atom stereocenters. The lowest BCUT2D eigenvalue weighted by molar-refractivity contribution is 0.105. The van der Waals surface area contributed by atoms with Crippen molar-refractivity contribution in [1.82, 2.24) is 9.78 Å². The van der Waals surface area contributed by atoms with E-state index < -0.39 is 0 Å². The van der Waals surface area contributed by atoms with Crippen LogP contribution in [0.25, 0.3) is 11.8 Å². The number of para-hydroxylation sites is 1. The van der Waals surface area contributed by atoms with E-state index in [9.17, 15) is 4.79 Å². The third kappa shape index (κ3) is 4.28. The van der Waals surface area contributed by atoms with E-state index in [1.54, 1.807) is 17.4 Å². The van der Waals surface area contributed by atoms with E-state index in [0.29, 0.717) is 0 Å². The average Bonchev–Trinajstić information content (AvgIpc) is 3.32. The van der Waals surface area contributed by atoms with Crippen LogP contribution in [0.1, 0.15) is 37.1 Å². The number of carbonyl (C=O) groups excluding carboxylic acids is 1. The summed E-state index contributed by atoms with van der Waals surface area (Å²) in [6.45, 7) is 4.00. The molecular weight excluding hydrogens is 376 g/mol. The number of aromatic nitrogens is 2. The number of aryl methyl sites for hydroxylation is 1. The van der Waals surface area contributed by atoms with Gasteiger partial charge in [-0.25, -0.2) is 4.68 Å². The fourth-order valence-corrected chi connectivity index (χ4v) is 4.32. The fourth-order valence-electron chi connectivity index (χ4n) is 3.36. The maximum atomic E-state index is 12.7. The number of ketones is 1. The summed E-state index contributed by atoms with van der Waals surface area (Å²) in [5, 5.41) is 4.64. The van der Waals surface area contributed by atoms with Crippen molar-refractivity contribution in [2.75, 3.05) is 0 Å². The highest BCUT2D eigenvalue weighted by molar-refractivity contribution is 7.14. The quantitative estimate of drug-likeness (QED) is 0.293. The van der Waals surface area contributed by atoms with Gasteiger partial charge in [0, 0.05) is 22.6 Å². The van der Waals surface area contributed by atoms with Gasteiger partial charge in [0.25, 0.3) is 0 Å². The molecule has 0 aliphatic heterocycles. The summed E-state index contributed by atoms with van der Waals surface area (Å²) in [4.78, 5) is 14.6. The van der Waals surface area contributed by atoms with Gasteiger partial charge in [-0.3, -0.25) is 4.79 Å². The molecule has 0 radical (unpaired) electrons. The second-order valence-electron chi connectivity index (χ2n) is 6.96. The highest BCUT2D eigenvalue weighted by Crippen LogP contribution is 2.23. The summed E-state index contributed by atoms with van der Waals surface area (Å²) >= 11 is 1.56. The Labute approximate surface area is 175 Å². The Morgan fingerprint density at radius 2 is 1.66 bits per heavy atom. The summed E-state index contributed by atoms with van der Waals surface area (Å²) in [6.07, 6.45) is 4.39. The molecule has 0 fully saturated rings. The van der Waals surface area contributed by atoms with Crippen LogP contribution in [0, 0.1) is 13.8 Å². The molecule has 3 nitrogen and oxygen atoms in total. The Morgan fingerprint density at radius 3 is 2.38 bits per heavy atom. The first-order valence-corrected chi connectivity index (χ1v) is 10.4. The minimum Gasteiger partial charge on any atom is -0.288 e. The first-order valence-electron chi connectivity index (χ1n) is 9.58. The van der Waals surface area contributed by atoms with Gasteiger partial charge in [-0.15, -0.1) is 11.3 Å². The van der Waals surface area contributed by atoms with E-state index in [0.717, 1.165) is 33.9 Å². The monoisotopic (exact) mass is 398 g/mol. The van der Waals surface area contributed by atoms with Crippen LogP contribution in [0.15, 0.2) is 78.9 Å². The van der Waals surface area contributed by atoms with Crippen LogP contribution < -0.4 is 0 Å². The lowest BCUT2D eigenvalue weighted by atomic mass is 10.1.